The van der Waals surface area contributed by atoms with Crippen LogP contribution in [0.4, 0.5) is 13.2 Å². The second-order valence-corrected chi connectivity index (χ2v) is 4.26. The smallest absolute Gasteiger partial charge is 0.416 e. The second kappa shape index (κ2) is 6.25. The average molecular weight is 296 g/mol. The van der Waals surface area contributed by atoms with Crippen molar-refractivity contribution in [3.8, 4) is 0 Å². The molecular formula is C12H13ClF3NO2. The summed E-state index contributed by atoms with van der Waals surface area (Å²) in [6, 6.07) is 1.90. The monoisotopic (exact) mass is 295 g/mol. The second-order valence-electron chi connectivity index (χ2n) is 3.85. The van der Waals surface area contributed by atoms with Crippen LogP contribution in [0.15, 0.2) is 18.2 Å². The lowest BCUT2D eigenvalue weighted by atomic mass is 10.0. The molecule has 0 aliphatic carbocycles. The fraction of sp³-hybridized carbons (Fsp3) is 0.417. The van der Waals surface area contributed by atoms with Crippen molar-refractivity contribution >= 4 is 17.6 Å². The van der Waals surface area contributed by atoms with Gasteiger partial charge in [-0.1, -0.05) is 11.6 Å². The molecule has 2 N–H and O–H groups in total. The normalized spacial score (nSPS) is 13.2. The van der Waals surface area contributed by atoms with Gasteiger partial charge in [-0.15, -0.1) is 0 Å². The standard InChI is InChI=1S/C12H13ClF3NO2/c1-2-19-11(18)6-10(17)8-5-7(12(14,15)16)3-4-9(8)13/h3-5,10H,2,6,17H2,1H3/t10-/m1/s1. The molecule has 19 heavy (non-hydrogen) atoms. The fourth-order valence-corrected chi connectivity index (χ4v) is 1.77. The van der Waals surface area contributed by atoms with Crippen molar-refractivity contribution in [2.24, 2.45) is 5.73 Å². The summed E-state index contributed by atoms with van der Waals surface area (Å²) < 4.78 is 42.4. The molecule has 0 spiro atoms. The first-order valence-electron chi connectivity index (χ1n) is 5.53. The maximum atomic E-state index is 12.6. The summed E-state index contributed by atoms with van der Waals surface area (Å²) in [6.07, 6.45) is -4.71. The zero-order valence-corrected chi connectivity index (χ0v) is 10.9. The maximum Gasteiger partial charge on any atom is 0.416 e. The number of esters is 1. The van der Waals surface area contributed by atoms with Crippen LogP contribution in [-0.4, -0.2) is 12.6 Å². The van der Waals surface area contributed by atoms with Gasteiger partial charge in [0, 0.05) is 11.1 Å². The fourth-order valence-electron chi connectivity index (χ4n) is 1.51. The van der Waals surface area contributed by atoms with Crippen LogP contribution in [0, 0.1) is 0 Å². The molecule has 7 heteroatoms. The number of benzene rings is 1. The highest BCUT2D eigenvalue weighted by Crippen LogP contribution is 2.33. The van der Waals surface area contributed by atoms with Crippen molar-refractivity contribution in [3.63, 3.8) is 0 Å². The Kier molecular flexibility index (Phi) is 5.20. The van der Waals surface area contributed by atoms with Gasteiger partial charge in [-0.25, -0.2) is 0 Å². The van der Waals surface area contributed by atoms with Crippen LogP contribution < -0.4 is 5.73 Å². The lowest BCUT2D eigenvalue weighted by Crippen LogP contribution is -2.18. The number of halogens is 4. The molecule has 0 saturated heterocycles. The number of hydrogen-bond acceptors (Lipinski definition) is 3. The molecule has 0 radical (unpaired) electrons. The first kappa shape index (κ1) is 15.8. The van der Waals surface area contributed by atoms with Crippen LogP contribution in [0.1, 0.15) is 30.5 Å². The molecule has 106 valence electrons. The van der Waals surface area contributed by atoms with Crippen LogP contribution in [0.3, 0.4) is 0 Å². The number of hydrogen-bond donors (Lipinski definition) is 1. The Morgan fingerprint density at radius 1 is 1.47 bits per heavy atom. The zero-order valence-electron chi connectivity index (χ0n) is 10.1. The Hall–Kier alpha value is -1.27. The molecule has 0 fully saturated rings. The number of ether oxygens (including phenoxy) is 1. The van der Waals surface area contributed by atoms with Crippen LogP contribution in [0.2, 0.25) is 5.02 Å². The lowest BCUT2D eigenvalue weighted by Gasteiger charge is -2.15. The summed E-state index contributed by atoms with van der Waals surface area (Å²) in [6.45, 7) is 1.81. The summed E-state index contributed by atoms with van der Waals surface area (Å²) in [5.41, 5.74) is 4.90. The average Bonchev–Trinajstić information content (AvgIpc) is 2.27. The highest BCUT2D eigenvalue weighted by Gasteiger charge is 2.31. The molecule has 3 nitrogen and oxygen atoms in total. The third-order valence-corrected chi connectivity index (χ3v) is 2.76. The lowest BCUT2D eigenvalue weighted by molar-refractivity contribution is -0.143. The Morgan fingerprint density at radius 3 is 2.63 bits per heavy atom. The molecule has 0 unspecified atom stereocenters. The summed E-state index contributed by atoms with van der Waals surface area (Å²) in [5, 5.41) is 0.0878. The van der Waals surface area contributed by atoms with E-state index in [1.807, 2.05) is 0 Å². The Labute approximate surface area is 113 Å². The molecule has 0 saturated carbocycles. The molecule has 0 heterocycles. The molecular weight excluding hydrogens is 283 g/mol. The first-order valence-corrected chi connectivity index (χ1v) is 5.91. The van der Waals surface area contributed by atoms with Gasteiger partial charge in [-0.2, -0.15) is 13.2 Å². The minimum Gasteiger partial charge on any atom is -0.466 e. The Morgan fingerprint density at radius 2 is 2.11 bits per heavy atom. The number of carbonyl (C=O) groups excluding carboxylic acids is 1. The summed E-state index contributed by atoms with van der Waals surface area (Å²) in [5.74, 6) is -0.580. The Bertz CT molecular complexity index is 463. The first-order chi connectivity index (χ1) is 8.75. The topological polar surface area (TPSA) is 52.3 Å². The van der Waals surface area contributed by atoms with Crippen LogP contribution in [0.25, 0.3) is 0 Å². The van der Waals surface area contributed by atoms with Gasteiger partial charge < -0.3 is 10.5 Å². The van der Waals surface area contributed by atoms with Gasteiger partial charge in [0.25, 0.3) is 0 Å². The van der Waals surface area contributed by atoms with Crippen molar-refractivity contribution in [1.29, 1.82) is 0 Å². The van der Waals surface area contributed by atoms with E-state index in [0.717, 1.165) is 18.2 Å². The third kappa shape index (κ3) is 4.40. The van der Waals surface area contributed by atoms with E-state index in [4.69, 9.17) is 17.3 Å². The predicted molar refractivity (Wildman–Crippen MR) is 64.6 cm³/mol. The van der Waals surface area contributed by atoms with Crippen molar-refractivity contribution in [3.05, 3.63) is 34.3 Å². The molecule has 0 aliphatic heterocycles. The number of rotatable bonds is 4. The van der Waals surface area contributed by atoms with E-state index in [9.17, 15) is 18.0 Å². The van der Waals surface area contributed by atoms with Crippen LogP contribution >= 0.6 is 11.6 Å². The number of carbonyl (C=O) groups is 1. The quantitative estimate of drug-likeness (QED) is 0.867. The Balaban J connectivity index is 2.96. The van der Waals surface area contributed by atoms with E-state index in [0.29, 0.717) is 0 Å². The molecule has 0 bridgehead atoms. The molecule has 1 rings (SSSR count). The van der Waals surface area contributed by atoms with Crippen molar-refractivity contribution in [1.82, 2.24) is 0 Å². The van der Waals surface area contributed by atoms with E-state index in [1.54, 1.807) is 6.92 Å². The molecule has 1 aromatic rings. The predicted octanol–water partition coefficient (Wildman–Crippen LogP) is 3.31. The van der Waals surface area contributed by atoms with Crippen LogP contribution in [-0.2, 0) is 15.7 Å². The van der Waals surface area contributed by atoms with Gasteiger partial charge in [0.15, 0.2) is 0 Å². The van der Waals surface area contributed by atoms with Gasteiger partial charge in [0.05, 0.1) is 18.6 Å². The number of alkyl halides is 3. The van der Waals surface area contributed by atoms with E-state index in [1.165, 1.54) is 0 Å². The van der Waals surface area contributed by atoms with Gasteiger partial charge in [0.1, 0.15) is 0 Å². The van der Waals surface area contributed by atoms with Gasteiger partial charge in [-0.05, 0) is 30.7 Å². The van der Waals surface area contributed by atoms with Gasteiger partial charge in [-0.3, -0.25) is 4.79 Å². The van der Waals surface area contributed by atoms with E-state index in [-0.39, 0.29) is 23.6 Å². The molecule has 0 aromatic heterocycles. The SMILES string of the molecule is CCOC(=O)C[C@@H](N)c1cc(C(F)(F)F)ccc1Cl. The van der Waals surface area contributed by atoms with Crippen LogP contribution in [0.5, 0.6) is 0 Å². The highest BCUT2D eigenvalue weighted by molar-refractivity contribution is 6.31. The molecule has 1 atom stereocenters. The summed E-state index contributed by atoms with van der Waals surface area (Å²) in [7, 11) is 0. The third-order valence-electron chi connectivity index (χ3n) is 2.41. The van der Waals surface area contributed by atoms with Gasteiger partial charge in [0.2, 0.25) is 0 Å². The highest BCUT2D eigenvalue weighted by atomic mass is 35.5. The zero-order chi connectivity index (χ0) is 14.6. The largest absolute Gasteiger partial charge is 0.466 e. The van der Waals surface area contributed by atoms with Crippen molar-refractivity contribution in [2.45, 2.75) is 25.6 Å². The van der Waals surface area contributed by atoms with Crippen molar-refractivity contribution in [2.75, 3.05) is 6.61 Å². The van der Waals surface area contributed by atoms with Crippen molar-refractivity contribution < 1.29 is 22.7 Å². The molecule has 1 aromatic carbocycles. The molecule has 0 aliphatic rings. The molecule has 0 amide bonds. The van der Waals surface area contributed by atoms with E-state index >= 15 is 0 Å². The van der Waals surface area contributed by atoms with Gasteiger partial charge >= 0.3 is 12.1 Å². The summed E-state index contributed by atoms with van der Waals surface area (Å²) >= 11 is 5.80. The van der Waals surface area contributed by atoms with E-state index < -0.39 is 23.8 Å². The number of nitrogens with two attached hydrogens (primary N) is 1. The van der Waals surface area contributed by atoms with E-state index in [2.05, 4.69) is 4.74 Å². The minimum atomic E-state index is -4.48. The summed E-state index contributed by atoms with van der Waals surface area (Å²) in [4.78, 5) is 11.3. The minimum absolute atomic E-state index is 0.0737. The maximum absolute atomic E-state index is 12.6.